The molecular formula is C14H13ClN2O. The zero-order chi connectivity index (χ0) is 13.1. The Labute approximate surface area is 111 Å². The molecular weight excluding hydrogens is 248 g/mol. The van der Waals surface area contributed by atoms with Crippen LogP contribution in [0.25, 0.3) is 0 Å². The predicted molar refractivity (Wildman–Crippen MR) is 75.0 cm³/mol. The molecule has 4 heteroatoms. The highest BCUT2D eigenvalue weighted by atomic mass is 35.5. The third-order valence-electron chi connectivity index (χ3n) is 2.64. The Morgan fingerprint density at radius 3 is 2.61 bits per heavy atom. The van der Waals surface area contributed by atoms with Gasteiger partial charge in [0, 0.05) is 10.6 Å². The molecule has 2 aromatic carbocycles. The molecule has 0 spiro atoms. The molecule has 0 radical (unpaired) electrons. The van der Waals surface area contributed by atoms with Crippen molar-refractivity contribution in [3.8, 4) is 0 Å². The van der Waals surface area contributed by atoms with E-state index in [1.165, 1.54) is 0 Å². The number of rotatable bonds is 2. The number of anilines is 2. The highest BCUT2D eigenvalue weighted by Crippen LogP contribution is 2.20. The van der Waals surface area contributed by atoms with Crippen molar-refractivity contribution >= 4 is 28.9 Å². The van der Waals surface area contributed by atoms with Gasteiger partial charge in [-0.05, 0) is 42.8 Å². The van der Waals surface area contributed by atoms with Gasteiger partial charge in [-0.2, -0.15) is 0 Å². The fraction of sp³-hybridized carbons (Fsp3) is 0.0714. The van der Waals surface area contributed by atoms with Gasteiger partial charge in [0.1, 0.15) is 0 Å². The summed E-state index contributed by atoms with van der Waals surface area (Å²) in [7, 11) is 0. The second kappa shape index (κ2) is 5.10. The normalized spacial score (nSPS) is 10.1. The summed E-state index contributed by atoms with van der Waals surface area (Å²) in [5, 5.41) is 3.39. The van der Waals surface area contributed by atoms with E-state index in [0.717, 1.165) is 5.56 Å². The molecule has 0 unspecified atom stereocenters. The number of hydrogen-bond donors (Lipinski definition) is 2. The summed E-state index contributed by atoms with van der Waals surface area (Å²) in [6, 6.07) is 12.3. The van der Waals surface area contributed by atoms with Gasteiger partial charge >= 0.3 is 0 Å². The number of halogens is 1. The average molecular weight is 261 g/mol. The third-order valence-corrected chi connectivity index (χ3v) is 2.88. The third kappa shape index (κ3) is 2.63. The van der Waals surface area contributed by atoms with Gasteiger partial charge in [0.15, 0.2) is 0 Å². The van der Waals surface area contributed by atoms with Crippen LogP contribution in [0, 0.1) is 6.92 Å². The number of benzene rings is 2. The number of amides is 1. The quantitative estimate of drug-likeness (QED) is 0.812. The fourth-order valence-electron chi connectivity index (χ4n) is 1.68. The maximum Gasteiger partial charge on any atom is 0.255 e. The maximum atomic E-state index is 12.1. The molecule has 3 N–H and O–H groups in total. The van der Waals surface area contributed by atoms with Crippen molar-refractivity contribution in [3.05, 3.63) is 58.6 Å². The van der Waals surface area contributed by atoms with Crippen molar-refractivity contribution in [3.63, 3.8) is 0 Å². The summed E-state index contributed by atoms with van der Waals surface area (Å²) in [6.07, 6.45) is 0. The van der Waals surface area contributed by atoms with E-state index in [4.69, 9.17) is 17.3 Å². The van der Waals surface area contributed by atoms with E-state index in [1.54, 1.807) is 30.3 Å². The lowest BCUT2D eigenvalue weighted by Crippen LogP contribution is -2.14. The van der Waals surface area contributed by atoms with Gasteiger partial charge in [-0.1, -0.05) is 23.7 Å². The first-order valence-corrected chi connectivity index (χ1v) is 5.88. The zero-order valence-corrected chi connectivity index (χ0v) is 10.7. The number of aryl methyl sites for hydroxylation is 1. The van der Waals surface area contributed by atoms with Crippen LogP contribution in [0.5, 0.6) is 0 Å². The molecule has 18 heavy (non-hydrogen) atoms. The molecule has 0 aliphatic rings. The van der Waals surface area contributed by atoms with Crippen molar-refractivity contribution < 1.29 is 4.79 Å². The van der Waals surface area contributed by atoms with Crippen LogP contribution >= 0.6 is 11.6 Å². The van der Waals surface area contributed by atoms with Crippen LogP contribution in [-0.4, -0.2) is 5.91 Å². The molecule has 0 bridgehead atoms. The Kier molecular flexibility index (Phi) is 3.53. The molecule has 0 saturated carbocycles. The molecule has 92 valence electrons. The Morgan fingerprint density at radius 2 is 1.94 bits per heavy atom. The Balaban J connectivity index is 2.25. The lowest BCUT2D eigenvalue weighted by atomic mass is 10.1. The van der Waals surface area contributed by atoms with Crippen molar-refractivity contribution in [2.24, 2.45) is 0 Å². The van der Waals surface area contributed by atoms with Gasteiger partial charge in [-0.3, -0.25) is 4.79 Å². The topological polar surface area (TPSA) is 55.1 Å². The number of nitrogens with two attached hydrogens (primary N) is 1. The number of para-hydroxylation sites is 2. The largest absolute Gasteiger partial charge is 0.397 e. The van der Waals surface area contributed by atoms with Crippen LogP contribution < -0.4 is 11.1 Å². The van der Waals surface area contributed by atoms with E-state index in [1.807, 2.05) is 19.1 Å². The van der Waals surface area contributed by atoms with Crippen molar-refractivity contribution in [2.45, 2.75) is 6.92 Å². The Morgan fingerprint density at radius 1 is 1.22 bits per heavy atom. The molecule has 2 rings (SSSR count). The zero-order valence-electron chi connectivity index (χ0n) is 9.91. The highest BCUT2D eigenvalue weighted by molar-refractivity contribution is 6.30. The summed E-state index contributed by atoms with van der Waals surface area (Å²) in [4.78, 5) is 12.1. The molecule has 3 nitrogen and oxygen atoms in total. The van der Waals surface area contributed by atoms with Gasteiger partial charge in [-0.15, -0.1) is 0 Å². The van der Waals surface area contributed by atoms with Crippen LogP contribution in [-0.2, 0) is 0 Å². The summed E-state index contributed by atoms with van der Waals surface area (Å²) in [5.41, 5.74) is 8.33. The van der Waals surface area contributed by atoms with Gasteiger partial charge in [0.2, 0.25) is 0 Å². The van der Waals surface area contributed by atoms with Crippen LogP contribution in [0.4, 0.5) is 11.4 Å². The summed E-state index contributed by atoms with van der Waals surface area (Å²) in [5.74, 6) is -0.193. The second-order valence-electron chi connectivity index (χ2n) is 4.00. The molecule has 0 fully saturated rings. The van der Waals surface area contributed by atoms with Crippen LogP contribution in [0.1, 0.15) is 15.9 Å². The summed E-state index contributed by atoms with van der Waals surface area (Å²) >= 11 is 5.86. The monoisotopic (exact) mass is 260 g/mol. The number of nitrogen functional groups attached to an aromatic ring is 1. The molecule has 0 atom stereocenters. The van der Waals surface area contributed by atoms with E-state index < -0.39 is 0 Å². The maximum absolute atomic E-state index is 12.1. The van der Waals surface area contributed by atoms with Crippen LogP contribution in [0.15, 0.2) is 42.5 Å². The summed E-state index contributed by atoms with van der Waals surface area (Å²) < 4.78 is 0. The highest BCUT2D eigenvalue weighted by Gasteiger charge is 2.10. The van der Waals surface area contributed by atoms with Crippen LogP contribution in [0.3, 0.4) is 0 Å². The van der Waals surface area contributed by atoms with Gasteiger partial charge in [0.25, 0.3) is 5.91 Å². The van der Waals surface area contributed by atoms with E-state index in [-0.39, 0.29) is 5.91 Å². The average Bonchev–Trinajstić information content (AvgIpc) is 2.32. The molecule has 0 saturated heterocycles. The molecule has 1 amide bonds. The first kappa shape index (κ1) is 12.5. The lowest BCUT2D eigenvalue weighted by Gasteiger charge is -2.09. The van der Waals surface area contributed by atoms with Gasteiger partial charge in [-0.25, -0.2) is 0 Å². The first-order chi connectivity index (χ1) is 8.58. The fourth-order valence-corrected chi connectivity index (χ4v) is 1.91. The lowest BCUT2D eigenvalue weighted by molar-refractivity contribution is 0.102. The predicted octanol–water partition coefficient (Wildman–Crippen LogP) is 3.48. The molecule has 0 aromatic heterocycles. The minimum Gasteiger partial charge on any atom is -0.397 e. The van der Waals surface area contributed by atoms with Crippen molar-refractivity contribution in [1.82, 2.24) is 0 Å². The number of nitrogens with one attached hydrogen (secondary N) is 1. The molecule has 0 heterocycles. The minimum atomic E-state index is -0.193. The Bertz CT molecular complexity index is 596. The van der Waals surface area contributed by atoms with Crippen molar-refractivity contribution in [2.75, 3.05) is 11.1 Å². The van der Waals surface area contributed by atoms with Crippen molar-refractivity contribution in [1.29, 1.82) is 0 Å². The first-order valence-electron chi connectivity index (χ1n) is 5.50. The molecule has 0 aliphatic carbocycles. The molecule has 2 aromatic rings. The smallest absolute Gasteiger partial charge is 0.255 e. The second-order valence-corrected chi connectivity index (χ2v) is 4.44. The number of carbonyl (C=O) groups is 1. The Hall–Kier alpha value is -2.00. The number of hydrogen-bond acceptors (Lipinski definition) is 2. The van der Waals surface area contributed by atoms with Crippen LogP contribution in [0.2, 0.25) is 5.02 Å². The minimum absolute atomic E-state index is 0.193. The summed E-state index contributed by atoms with van der Waals surface area (Å²) in [6.45, 7) is 1.84. The van der Waals surface area contributed by atoms with E-state index in [9.17, 15) is 4.79 Å². The SMILES string of the molecule is Cc1cc(Cl)ccc1C(=O)Nc1ccccc1N. The standard InChI is InChI=1S/C14H13ClN2O/c1-9-8-10(15)6-7-11(9)14(18)17-13-5-3-2-4-12(13)16/h2-8H,16H2,1H3,(H,17,18). The number of carbonyl (C=O) groups excluding carboxylic acids is 1. The van der Waals surface area contributed by atoms with E-state index in [0.29, 0.717) is 22.0 Å². The van der Waals surface area contributed by atoms with Gasteiger partial charge < -0.3 is 11.1 Å². The van der Waals surface area contributed by atoms with Gasteiger partial charge in [0.05, 0.1) is 11.4 Å². The molecule has 0 aliphatic heterocycles. The van der Waals surface area contributed by atoms with E-state index >= 15 is 0 Å². The van der Waals surface area contributed by atoms with E-state index in [2.05, 4.69) is 5.32 Å².